The van der Waals surface area contributed by atoms with Gasteiger partial charge in [-0.15, -0.1) is 0 Å². The summed E-state index contributed by atoms with van der Waals surface area (Å²) in [6.07, 6.45) is 0. The van der Waals surface area contributed by atoms with Crippen LogP contribution in [0.5, 0.6) is 0 Å². The maximum atomic E-state index is 5.32. The van der Waals surface area contributed by atoms with E-state index in [1.54, 1.807) is 0 Å². The first kappa shape index (κ1) is 38.9. The Labute approximate surface area is 384 Å². The maximum Gasteiger partial charge on any atom is 0.160 e. The lowest BCUT2D eigenvalue weighted by Crippen LogP contribution is -1.97. The molecule has 0 bridgehead atoms. The molecule has 0 aliphatic rings. The summed E-state index contributed by atoms with van der Waals surface area (Å²) in [5, 5.41) is 5.86. The molecular formula is C63H41N3. The Morgan fingerprint density at radius 2 is 0.652 bits per heavy atom. The van der Waals surface area contributed by atoms with Crippen LogP contribution >= 0.6 is 0 Å². The Morgan fingerprint density at radius 1 is 0.227 bits per heavy atom. The summed E-state index contributed by atoms with van der Waals surface area (Å²) in [6, 6.07) is 88.2. The summed E-state index contributed by atoms with van der Waals surface area (Å²) in [5.74, 6) is 0.685. The fourth-order valence-electron chi connectivity index (χ4n) is 9.36. The molecule has 2 aromatic heterocycles. The van der Waals surface area contributed by atoms with E-state index in [0.717, 1.165) is 77.7 Å². The lowest BCUT2D eigenvalue weighted by Gasteiger charge is -2.15. The number of hydrogen-bond acceptors (Lipinski definition) is 3. The predicted molar refractivity (Wildman–Crippen MR) is 276 cm³/mol. The fourth-order valence-corrected chi connectivity index (χ4v) is 9.36. The van der Waals surface area contributed by atoms with Crippen molar-refractivity contribution in [3.05, 3.63) is 249 Å². The second kappa shape index (κ2) is 16.7. The topological polar surface area (TPSA) is 38.7 Å². The molecule has 0 radical (unpaired) electrons. The van der Waals surface area contributed by atoms with Crippen LogP contribution in [0.1, 0.15) is 0 Å². The Morgan fingerprint density at radius 3 is 1.29 bits per heavy atom. The van der Waals surface area contributed by atoms with Crippen LogP contribution in [0, 0.1) is 0 Å². The maximum absolute atomic E-state index is 5.32. The van der Waals surface area contributed by atoms with Crippen LogP contribution in [0.4, 0.5) is 0 Å². The Balaban J connectivity index is 0.958. The van der Waals surface area contributed by atoms with E-state index >= 15 is 0 Å². The van der Waals surface area contributed by atoms with Gasteiger partial charge in [0.25, 0.3) is 0 Å². The smallest absolute Gasteiger partial charge is 0.160 e. The monoisotopic (exact) mass is 839 g/mol. The number of hydrogen-bond donors (Lipinski definition) is 0. The molecule has 0 N–H and O–H groups in total. The van der Waals surface area contributed by atoms with Crippen LogP contribution in [0.15, 0.2) is 249 Å². The SMILES string of the molecule is c1ccc(-c2ccc(-c3cc(-c4ccc(-c5ccc(-c6cc(-c7ccccc7)nc7ccc8ccccc8c67)cc5)c5ccccc45)nc(-c4ccc(-c5ccccc5)cc4)n3)cc2)cc1. The Bertz CT molecular complexity index is 3600. The van der Waals surface area contributed by atoms with Crippen LogP contribution in [-0.4, -0.2) is 15.0 Å². The molecule has 0 unspecified atom stereocenters. The van der Waals surface area contributed by atoms with E-state index in [1.165, 1.54) is 38.6 Å². The summed E-state index contributed by atoms with van der Waals surface area (Å²) < 4.78 is 0. The van der Waals surface area contributed by atoms with Crippen molar-refractivity contribution in [2.24, 2.45) is 0 Å². The molecule has 2 heterocycles. The van der Waals surface area contributed by atoms with Crippen LogP contribution in [0.25, 0.3) is 122 Å². The molecule has 0 saturated heterocycles. The van der Waals surface area contributed by atoms with Gasteiger partial charge in [-0.2, -0.15) is 0 Å². The first-order valence-electron chi connectivity index (χ1n) is 22.4. The van der Waals surface area contributed by atoms with Gasteiger partial charge in [0.1, 0.15) is 0 Å². The highest BCUT2D eigenvalue weighted by Gasteiger charge is 2.17. The van der Waals surface area contributed by atoms with Gasteiger partial charge in [0, 0.05) is 27.6 Å². The molecule has 0 aliphatic carbocycles. The number of aromatic nitrogens is 3. The van der Waals surface area contributed by atoms with Crippen molar-refractivity contribution < 1.29 is 0 Å². The highest BCUT2D eigenvalue weighted by Crippen LogP contribution is 2.40. The van der Waals surface area contributed by atoms with E-state index in [4.69, 9.17) is 15.0 Å². The number of rotatable bonds is 8. The predicted octanol–water partition coefficient (Wildman–Crippen LogP) is 16.7. The Hall–Kier alpha value is -8.79. The first-order valence-corrected chi connectivity index (χ1v) is 22.4. The molecule has 12 rings (SSSR count). The summed E-state index contributed by atoms with van der Waals surface area (Å²) in [6.45, 7) is 0. The first-order chi connectivity index (χ1) is 32.7. The van der Waals surface area contributed by atoms with E-state index < -0.39 is 0 Å². The molecule has 0 atom stereocenters. The molecular weight excluding hydrogens is 799 g/mol. The number of nitrogens with zero attached hydrogens (tertiary/aromatic N) is 3. The minimum Gasteiger partial charge on any atom is -0.248 e. The van der Waals surface area contributed by atoms with Crippen molar-refractivity contribution in [1.29, 1.82) is 0 Å². The van der Waals surface area contributed by atoms with E-state index in [9.17, 15) is 0 Å². The molecule has 3 nitrogen and oxygen atoms in total. The van der Waals surface area contributed by atoms with Gasteiger partial charge in [0.05, 0.1) is 22.6 Å². The summed E-state index contributed by atoms with van der Waals surface area (Å²) in [4.78, 5) is 15.7. The second-order valence-corrected chi connectivity index (χ2v) is 16.7. The van der Waals surface area contributed by atoms with Crippen LogP contribution in [-0.2, 0) is 0 Å². The molecule has 0 fully saturated rings. The average Bonchev–Trinajstić information content (AvgIpc) is 3.41. The summed E-state index contributed by atoms with van der Waals surface area (Å²) in [7, 11) is 0. The van der Waals surface area contributed by atoms with Gasteiger partial charge in [-0.3, -0.25) is 0 Å². The highest BCUT2D eigenvalue weighted by molar-refractivity contribution is 6.14. The third-order valence-corrected chi connectivity index (χ3v) is 12.7. The zero-order chi connectivity index (χ0) is 43.8. The third kappa shape index (κ3) is 7.29. The molecule has 308 valence electrons. The van der Waals surface area contributed by atoms with Gasteiger partial charge < -0.3 is 0 Å². The largest absolute Gasteiger partial charge is 0.248 e. The van der Waals surface area contributed by atoms with Crippen molar-refractivity contribution >= 4 is 32.4 Å². The van der Waals surface area contributed by atoms with Crippen molar-refractivity contribution in [3.8, 4) is 89.7 Å². The Kier molecular flexibility index (Phi) is 9.85. The van der Waals surface area contributed by atoms with Crippen LogP contribution in [0.2, 0.25) is 0 Å². The molecule has 0 spiro atoms. The fraction of sp³-hybridized carbons (Fsp3) is 0. The van der Waals surface area contributed by atoms with Crippen molar-refractivity contribution in [1.82, 2.24) is 15.0 Å². The zero-order valence-electron chi connectivity index (χ0n) is 36.0. The lowest BCUT2D eigenvalue weighted by molar-refractivity contribution is 1.18. The minimum absolute atomic E-state index is 0.685. The average molecular weight is 840 g/mol. The summed E-state index contributed by atoms with van der Waals surface area (Å²) >= 11 is 0. The van der Waals surface area contributed by atoms with Gasteiger partial charge in [-0.1, -0.05) is 231 Å². The van der Waals surface area contributed by atoms with Gasteiger partial charge in [0.15, 0.2) is 5.82 Å². The molecule has 0 aliphatic heterocycles. The van der Waals surface area contributed by atoms with Crippen molar-refractivity contribution in [2.45, 2.75) is 0 Å². The van der Waals surface area contributed by atoms with E-state index in [2.05, 4.69) is 231 Å². The van der Waals surface area contributed by atoms with Gasteiger partial charge >= 0.3 is 0 Å². The van der Waals surface area contributed by atoms with Crippen LogP contribution in [0.3, 0.4) is 0 Å². The van der Waals surface area contributed by atoms with Gasteiger partial charge in [-0.05, 0) is 84.3 Å². The van der Waals surface area contributed by atoms with Gasteiger partial charge in [-0.25, -0.2) is 15.0 Å². The van der Waals surface area contributed by atoms with E-state index in [0.29, 0.717) is 5.82 Å². The normalized spacial score (nSPS) is 11.3. The van der Waals surface area contributed by atoms with Crippen LogP contribution < -0.4 is 0 Å². The lowest BCUT2D eigenvalue weighted by atomic mass is 9.91. The third-order valence-electron chi connectivity index (χ3n) is 12.7. The second-order valence-electron chi connectivity index (χ2n) is 16.7. The molecule has 66 heavy (non-hydrogen) atoms. The zero-order valence-corrected chi connectivity index (χ0v) is 36.0. The van der Waals surface area contributed by atoms with E-state index in [1.807, 2.05) is 18.2 Å². The highest BCUT2D eigenvalue weighted by atomic mass is 14.9. The van der Waals surface area contributed by atoms with Gasteiger partial charge in [0.2, 0.25) is 0 Å². The van der Waals surface area contributed by atoms with Crippen molar-refractivity contribution in [3.63, 3.8) is 0 Å². The molecule has 10 aromatic carbocycles. The number of pyridine rings is 1. The number of fused-ring (bicyclic) bond motifs is 4. The molecule has 0 saturated carbocycles. The summed E-state index contributed by atoms with van der Waals surface area (Å²) in [5.41, 5.74) is 17.2. The van der Waals surface area contributed by atoms with E-state index in [-0.39, 0.29) is 0 Å². The molecule has 3 heteroatoms. The van der Waals surface area contributed by atoms with Crippen molar-refractivity contribution in [2.75, 3.05) is 0 Å². The minimum atomic E-state index is 0.685. The quantitative estimate of drug-likeness (QED) is 0.143. The molecule has 0 amide bonds. The number of benzene rings is 10. The molecule has 12 aromatic rings. The standard InChI is InChI=1S/C63H41N3/c1-4-14-42(15-5-1)44-24-32-50(33-25-44)60-41-61(66-63(65-60)51-34-26-45(27-35-51)43-16-6-2-7-17-43)56-38-37-52(54-22-12-13-23-55(54)56)47-28-30-48(31-29-47)57-40-59(49-19-8-3-9-20-49)64-58-39-36-46-18-10-11-21-53(46)62(57)58/h1-41H.